The van der Waals surface area contributed by atoms with Crippen molar-refractivity contribution in [1.82, 2.24) is 0 Å². The van der Waals surface area contributed by atoms with Crippen molar-refractivity contribution >= 4 is 22.6 Å². The number of carbonyl (C=O) groups excluding carboxylic acids is 1. The topological polar surface area (TPSA) is 26.3 Å². The minimum Gasteiger partial charge on any atom is -0.621 e. The molecule has 0 heterocycles. The summed E-state index contributed by atoms with van der Waals surface area (Å²) in [4.78, 5) is 10.7. The zero-order valence-corrected chi connectivity index (χ0v) is 9.56. The highest BCUT2D eigenvalue weighted by Crippen LogP contribution is 2.04. The zero-order chi connectivity index (χ0) is 8.53. The molecular formula is C8H17AlO2. The highest BCUT2D eigenvalue weighted by Gasteiger charge is 1.96. The highest BCUT2D eigenvalue weighted by molar-refractivity contribution is 6.05. The molecule has 0 aliphatic heterocycles. The van der Waals surface area contributed by atoms with Crippen molar-refractivity contribution in [3.8, 4) is 0 Å². The van der Waals surface area contributed by atoms with Gasteiger partial charge in [-0.3, -0.25) is 4.79 Å². The fourth-order valence-electron chi connectivity index (χ4n) is 0.975. The molecule has 64 valence electrons. The van der Waals surface area contributed by atoms with Gasteiger partial charge in [0, 0.05) is 6.42 Å². The average Bonchev–Trinajstić information content (AvgIpc) is 2.04. The van der Waals surface area contributed by atoms with Gasteiger partial charge in [-0.25, -0.2) is 0 Å². The van der Waals surface area contributed by atoms with E-state index in [9.17, 15) is 4.79 Å². The molecule has 0 spiro atoms. The highest BCUT2D eigenvalue weighted by atomic mass is 27.1. The van der Waals surface area contributed by atoms with Crippen molar-refractivity contribution in [3.05, 3.63) is 0 Å². The van der Waals surface area contributed by atoms with Crippen molar-refractivity contribution < 1.29 is 8.58 Å². The van der Waals surface area contributed by atoms with Crippen LogP contribution in [0.1, 0.15) is 45.4 Å². The third-order valence-electron chi connectivity index (χ3n) is 1.71. The second kappa shape index (κ2) is 8.10. The third kappa shape index (κ3) is 7.90. The van der Waals surface area contributed by atoms with Crippen molar-refractivity contribution in [2.75, 3.05) is 0 Å². The number of rotatable bonds is 6. The Labute approximate surface area is 77.1 Å². The molecule has 0 aliphatic rings. The van der Waals surface area contributed by atoms with Crippen LogP contribution in [0.5, 0.6) is 0 Å². The predicted octanol–water partition coefficient (Wildman–Crippen LogP) is 1.44. The first-order valence-corrected chi connectivity index (χ1v) is 5.19. The zero-order valence-electron chi connectivity index (χ0n) is 7.56. The van der Waals surface area contributed by atoms with E-state index < -0.39 is 0 Å². The van der Waals surface area contributed by atoms with Gasteiger partial charge in [-0.1, -0.05) is 32.6 Å². The molecule has 0 aromatic carbocycles. The van der Waals surface area contributed by atoms with E-state index in [-0.39, 0.29) is 5.97 Å². The summed E-state index contributed by atoms with van der Waals surface area (Å²) in [5.74, 6) is -0.0202. The van der Waals surface area contributed by atoms with E-state index >= 15 is 0 Å². The molecule has 0 saturated heterocycles. The van der Waals surface area contributed by atoms with Gasteiger partial charge in [0.05, 0.1) is 0 Å². The van der Waals surface area contributed by atoms with Gasteiger partial charge in [-0.05, 0) is 6.42 Å². The maximum Gasteiger partial charge on any atom is 0.499 e. The molecule has 2 nitrogen and oxygen atoms in total. The molecule has 0 N–H and O–H groups in total. The molecule has 0 bridgehead atoms. The Morgan fingerprint density at radius 1 is 1.27 bits per heavy atom. The predicted molar refractivity (Wildman–Crippen MR) is 48.0 cm³/mol. The third-order valence-corrected chi connectivity index (χ3v) is 2.17. The normalized spacial score (nSPS) is 9.55. The van der Waals surface area contributed by atoms with Crippen LogP contribution in [0, 0.1) is 0 Å². The molecule has 11 heavy (non-hydrogen) atoms. The molecule has 0 radical (unpaired) electrons. The Bertz CT molecular complexity index is 104. The van der Waals surface area contributed by atoms with Crippen LogP contribution in [-0.4, -0.2) is 22.6 Å². The van der Waals surface area contributed by atoms with Gasteiger partial charge < -0.3 is 3.79 Å². The van der Waals surface area contributed by atoms with Gasteiger partial charge in [0.15, 0.2) is 0 Å². The fraction of sp³-hybridized carbons (Fsp3) is 0.875. The van der Waals surface area contributed by atoms with Crippen LogP contribution in [-0.2, 0) is 8.58 Å². The first-order chi connectivity index (χ1) is 5.31. The summed E-state index contributed by atoms with van der Waals surface area (Å²) in [7, 11) is 0. The summed E-state index contributed by atoms with van der Waals surface area (Å²) in [6, 6.07) is 0. The minimum atomic E-state index is -0.0202. The monoisotopic (exact) mass is 172 g/mol. The van der Waals surface area contributed by atoms with Gasteiger partial charge in [-0.2, -0.15) is 0 Å². The molecule has 0 aromatic heterocycles. The summed E-state index contributed by atoms with van der Waals surface area (Å²) in [6.07, 6.45) is 6.59. The Kier molecular flexibility index (Phi) is 8.10. The second-order valence-electron chi connectivity index (χ2n) is 2.74. The van der Waals surface area contributed by atoms with Crippen molar-refractivity contribution in [2.45, 2.75) is 45.4 Å². The van der Waals surface area contributed by atoms with E-state index in [1.165, 1.54) is 25.7 Å². The number of unbranched alkanes of at least 4 members (excludes halogenated alkanes) is 4. The molecule has 0 atom stereocenters. The first kappa shape index (κ1) is 11.0. The van der Waals surface area contributed by atoms with Crippen LogP contribution in [0.15, 0.2) is 0 Å². The van der Waals surface area contributed by atoms with E-state index in [0.29, 0.717) is 23.0 Å². The van der Waals surface area contributed by atoms with Crippen LogP contribution >= 0.6 is 0 Å². The van der Waals surface area contributed by atoms with Crippen LogP contribution in [0.25, 0.3) is 0 Å². The molecule has 0 amide bonds. The summed E-state index contributed by atoms with van der Waals surface area (Å²) in [5, 5.41) is 0. The molecule has 0 saturated carbocycles. The van der Waals surface area contributed by atoms with Gasteiger partial charge in [0.1, 0.15) is 0 Å². The lowest BCUT2D eigenvalue weighted by Crippen LogP contribution is -2.00. The van der Waals surface area contributed by atoms with Gasteiger partial charge in [0.25, 0.3) is 5.97 Å². The van der Waals surface area contributed by atoms with E-state index in [0.717, 1.165) is 6.42 Å². The standard InChI is InChI=1S/C8H16O2.Al.2H/c1-2-3-4-5-6-7-8(9)10;;;/h2-7H2,1H3,(H,9,10);;;/q;+1;;/p-1. The molecule has 0 fully saturated rings. The second-order valence-corrected chi connectivity index (χ2v) is 3.15. The lowest BCUT2D eigenvalue weighted by atomic mass is 10.1. The Morgan fingerprint density at radius 3 is 2.45 bits per heavy atom. The van der Waals surface area contributed by atoms with Crippen LogP contribution < -0.4 is 0 Å². The number of hydrogen-bond acceptors (Lipinski definition) is 2. The number of hydrogen-bond donors (Lipinski definition) is 0. The largest absolute Gasteiger partial charge is 0.621 e. The lowest BCUT2D eigenvalue weighted by Gasteiger charge is -2.00. The maximum atomic E-state index is 10.7. The molecule has 0 aromatic rings. The van der Waals surface area contributed by atoms with Gasteiger partial charge in [-0.15, -0.1) is 0 Å². The van der Waals surface area contributed by atoms with E-state index in [2.05, 4.69) is 10.7 Å². The van der Waals surface area contributed by atoms with Crippen molar-refractivity contribution in [3.63, 3.8) is 0 Å². The minimum absolute atomic E-state index is 0.0202. The maximum absolute atomic E-state index is 10.7. The quantitative estimate of drug-likeness (QED) is 0.447. The van der Waals surface area contributed by atoms with Crippen molar-refractivity contribution in [2.24, 2.45) is 0 Å². The molecular weight excluding hydrogens is 155 g/mol. The van der Waals surface area contributed by atoms with Crippen molar-refractivity contribution in [1.29, 1.82) is 0 Å². The summed E-state index contributed by atoms with van der Waals surface area (Å²) in [6.45, 7) is 2.19. The summed E-state index contributed by atoms with van der Waals surface area (Å²) < 4.78 is 4.66. The first-order valence-electron chi connectivity index (χ1n) is 4.38. The Morgan fingerprint density at radius 2 is 1.91 bits per heavy atom. The fourth-order valence-corrected chi connectivity index (χ4v) is 1.18. The summed E-state index contributed by atoms with van der Waals surface area (Å²) >= 11 is 0.543. The molecule has 3 heteroatoms. The Hall–Kier alpha value is 0.00247. The molecule has 0 aliphatic carbocycles. The Balaban J connectivity index is 2.95. The molecule has 0 rings (SSSR count). The van der Waals surface area contributed by atoms with Crippen LogP contribution in [0.4, 0.5) is 0 Å². The van der Waals surface area contributed by atoms with E-state index in [1.807, 2.05) is 0 Å². The van der Waals surface area contributed by atoms with Gasteiger partial charge >= 0.3 is 16.6 Å². The lowest BCUT2D eigenvalue weighted by molar-refractivity contribution is -0.134. The average molecular weight is 172 g/mol. The smallest absolute Gasteiger partial charge is 0.499 e. The van der Waals surface area contributed by atoms with Crippen LogP contribution in [0.3, 0.4) is 0 Å². The van der Waals surface area contributed by atoms with Gasteiger partial charge in [0.2, 0.25) is 0 Å². The number of carbonyl (C=O) groups is 1. The SMILES string of the molecule is CCCCCCCC(=O)[O][AlH2]. The van der Waals surface area contributed by atoms with Crippen LogP contribution in [0.2, 0.25) is 0 Å². The van der Waals surface area contributed by atoms with E-state index in [1.54, 1.807) is 0 Å². The summed E-state index contributed by atoms with van der Waals surface area (Å²) in [5.41, 5.74) is 0. The molecule has 0 unspecified atom stereocenters. The van der Waals surface area contributed by atoms with E-state index in [4.69, 9.17) is 0 Å².